The van der Waals surface area contributed by atoms with E-state index in [2.05, 4.69) is 4.99 Å². The first kappa shape index (κ1) is 20.9. The molecule has 7 heteroatoms. The number of hydrogen-bond donors (Lipinski definition) is 0. The van der Waals surface area contributed by atoms with Crippen molar-refractivity contribution in [2.45, 2.75) is 19.3 Å². The molecule has 0 radical (unpaired) electrons. The fourth-order valence-electron chi connectivity index (χ4n) is 3.56. The summed E-state index contributed by atoms with van der Waals surface area (Å²) in [6.45, 7) is 0. The van der Waals surface area contributed by atoms with Gasteiger partial charge in [0.05, 0.1) is 24.6 Å². The number of rotatable bonds is 8. The Labute approximate surface area is 182 Å². The van der Waals surface area contributed by atoms with E-state index in [1.807, 2.05) is 11.4 Å². The van der Waals surface area contributed by atoms with Crippen LogP contribution >= 0.6 is 11.3 Å². The van der Waals surface area contributed by atoms with Gasteiger partial charge < -0.3 is 9.47 Å². The molecule has 158 valence electrons. The van der Waals surface area contributed by atoms with E-state index in [0.717, 1.165) is 16.5 Å². The predicted octanol–water partition coefficient (Wildman–Crippen LogP) is 5.48. The van der Waals surface area contributed by atoms with Crippen LogP contribution in [0.15, 0.2) is 53.0 Å². The topological polar surface area (TPSA) is 65.0 Å². The Bertz CT molecular complexity index is 1240. The van der Waals surface area contributed by atoms with Gasteiger partial charge in [-0.3, -0.25) is 14.6 Å². The Morgan fingerprint density at radius 1 is 1.06 bits per heavy atom. The molecule has 2 heterocycles. The van der Waals surface area contributed by atoms with Gasteiger partial charge in [-0.05, 0) is 40.8 Å². The summed E-state index contributed by atoms with van der Waals surface area (Å²) in [5.41, 5.74) is 2.66. The Morgan fingerprint density at radius 2 is 1.84 bits per heavy atom. The average molecular weight is 437 g/mol. The Kier molecular flexibility index (Phi) is 5.95. The van der Waals surface area contributed by atoms with Gasteiger partial charge in [0.25, 0.3) is 0 Å². The number of hydrogen-bond acceptors (Lipinski definition) is 6. The molecule has 0 fully saturated rings. The number of ether oxygens (including phenoxy) is 2. The van der Waals surface area contributed by atoms with Crippen LogP contribution in [0.25, 0.3) is 15.7 Å². The number of carbonyl (C=O) groups excluding carboxylic acids is 2. The molecule has 0 unspecified atom stereocenters. The summed E-state index contributed by atoms with van der Waals surface area (Å²) in [4.78, 5) is 29.4. The number of Topliss-reactive ketones (excluding diaryl/α,β-unsaturated/α-hetero) is 2. The van der Waals surface area contributed by atoms with Crippen LogP contribution in [0.1, 0.15) is 35.2 Å². The minimum Gasteiger partial charge on any atom is -0.493 e. The van der Waals surface area contributed by atoms with Gasteiger partial charge in [0.15, 0.2) is 23.1 Å². The maximum atomic E-state index is 14.0. The maximum absolute atomic E-state index is 14.0. The molecule has 3 aromatic rings. The van der Waals surface area contributed by atoms with E-state index >= 15 is 0 Å². The third-order valence-corrected chi connectivity index (χ3v) is 6.24. The number of nitrogens with zero attached hydrogens (tertiary/aromatic N) is 1. The lowest BCUT2D eigenvalue weighted by Crippen LogP contribution is -2.14. The van der Waals surface area contributed by atoms with Crippen molar-refractivity contribution >= 4 is 44.3 Å². The van der Waals surface area contributed by atoms with Gasteiger partial charge >= 0.3 is 0 Å². The molecule has 1 aliphatic heterocycles. The van der Waals surface area contributed by atoms with Crippen molar-refractivity contribution < 1.29 is 23.5 Å². The number of allylic oxidation sites excluding steroid dienone is 1. The minimum absolute atomic E-state index is 0.0755. The summed E-state index contributed by atoms with van der Waals surface area (Å²) in [5, 5.41) is 2.71. The number of thiophene rings is 1. The number of halogens is 1. The van der Waals surface area contributed by atoms with Gasteiger partial charge in [-0.15, -0.1) is 11.3 Å². The van der Waals surface area contributed by atoms with Crippen LogP contribution in [-0.4, -0.2) is 31.5 Å². The molecule has 5 nitrogen and oxygen atoms in total. The lowest BCUT2D eigenvalue weighted by molar-refractivity contribution is -0.113. The first-order chi connectivity index (χ1) is 15.0. The molecule has 0 atom stereocenters. The van der Waals surface area contributed by atoms with E-state index in [0.29, 0.717) is 33.9 Å². The highest BCUT2D eigenvalue weighted by Gasteiger charge is 2.22. The number of benzene rings is 2. The Balaban J connectivity index is 1.38. The standard InChI is InChI=1S/C24H20FNO4S/c1-29-22-9-6-14(11-23(22)30-2)20(27)7-8-21(28)19-10-15(12-26-19)17-13-31-24-16(17)4-3-5-18(24)25/h3-6,9,11-13H,7-8,10H2,1-2H3. The zero-order valence-corrected chi connectivity index (χ0v) is 17.9. The van der Waals surface area contributed by atoms with Crippen molar-refractivity contribution in [1.82, 2.24) is 0 Å². The van der Waals surface area contributed by atoms with Crippen molar-refractivity contribution in [3.05, 3.63) is 64.9 Å². The van der Waals surface area contributed by atoms with Crippen molar-refractivity contribution in [3.8, 4) is 11.5 Å². The largest absolute Gasteiger partial charge is 0.493 e. The molecule has 1 aromatic heterocycles. The number of fused-ring (bicyclic) bond motifs is 1. The molecule has 0 bridgehead atoms. The molecule has 1 aliphatic rings. The summed E-state index contributed by atoms with van der Waals surface area (Å²) in [6, 6.07) is 9.91. The summed E-state index contributed by atoms with van der Waals surface area (Å²) < 4.78 is 25.0. The van der Waals surface area contributed by atoms with Gasteiger partial charge in [0.1, 0.15) is 5.82 Å². The number of methoxy groups -OCH3 is 2. The second-order valence-electron chi connectivity index (χ2n) is 7.09. The SMILES string of the molecule is COc1ccc(C(=O)CCC(=O)C2=NC=C(c3csc4c(F)cccc34)C2)cc1OC. The monoisotopic (exact) mass is 437 g/mol. The molecule has 4 rings (SSSR count). The van der Waals surface area contributed by atoms with Crippen molar-refractivity contribution in [1.29, 1.82) is 0 Å². The van der Waals surface area contributed by atoms with E-state index in [9.17, 15) is 14.0 Å². The number of carbonyl (C=O) groups is 2. The number of ketones is 2. The first-order valence-corrected chi connectivity index (χ1v) is 10.6. The average Bonchev–Trinajstić information content (AvgIpc) is 3.44. The molecule has 2 aromatic carbocycles. The van der Waals surface area contributed by atoms with Gasteiger partial charge in [0.2, 0.25) is 0 Å². The van der Waals surface area contributed by atoms with Crippen LogP contribution in [0.4, 0.5) is 4.39 Å². The maximum Gasteiger partial charge on any atom is 0.177 e. The van der Waals surface area contributed by atoms with Crippen molar-refractivity contribution in [2.75, 3.05) is 14.2 Å². The third-order valence-electron chi connectivity index (χ3n) is 5.24. The molecular weight excluding hydrogens is 417 g/mol. The van der Waals surface area contributed by atoms with Crippen molar-refractivity contribution in [3.63, 3.8) is 0 Å². The summed E-state index contributed by atoms with van der Waals surface area (Å²) in [7, 11) is 3.03. The van der Waals surface area contributed by atoms with Crippen LogP contribution in [0.3, 0.4) is 0 Å². The van der Waals surface area contributed by atoms with E-state index in [1.54, 1.807) is 30.5 Å². The molecule has 0 spiro atoms. The van der Waals surface area contributed by atoms with Crippen LogP contribution < -0.4 is 9.47 Å². The van der Waals surface area contributed by atoms with Crippen LogP contribution in [0, 0.1) is 5.82 Å². The zero-order valence-electron chi connectivity index (χ0n) is 17.1. The minimum atomic E-state index is -0.252. The molecule has 0 saturated carbocycles. The fraction of sp³-hybridized carbons (Fsp3) is 0.208. The molecule has 0 saturated heterocycles. The second-order valence-corrected chi connectivity index (χ2v) is 7.97. The van der Waals surface area contributed by atoms with Crippen molar-refractivity contribution in [2.24, 2.45) is 4.99 Å². The highest BCUT2D eigenvalue weighted by atomic mass is 32.1. The molecule has 0 N–H and O–H groups in total. The van der Waals surface area contributed by atoms with E-state index in [4.69, 9.17) is 9.47 Å². The zero-order chi connectivity index (χ0) is 22.0. The lowest BCUT2D eigenvalue weighted by atomic mass is 9.98. The van der Waals surface area contributed by atoms with Crippen LogP contribution in [0.2, 0.25) is 0 Å². The van der Waals surface area contributed by atoms with Gasteiger partial charge in [0, 0.05) is 36.4 Å². The van der Waals surface area contributed by atoms with E-state index < -0.39 is 0 Å². The normalized spacial score (nSPS) is 13.1. The highest BCUT2D eigenvalue weighted by molar-refractivity contribution is 7.17. The molecule has 0 aliphatic carbocycles. The van der Waals surface area contributed by atoms with Crippen LogP contribution in [0.5, 0.6) is 11.5 Å². The quantitative estimate of drug-likeness (QED) is 0.438. The molecule has 0 amide bonds. The van der Waals surface area contributed by atoms with Gasteiger partial charge in [-0.2, -0.15) is 0 Å². The Hall–Kier alpha value is -3.32. The van der Waals surface area contributed by atoms with Gasteiger partial charge in [-0.25, -0.2) is 4.39 Å². The van der Waals surface area contributed by atoms with E-state index in [-0.39, 0.29) is 30.2 Å². The van der Waals surface area contributed by atoms with E-state index in [1.165, 1.54) is 31.6 Å². The molecular formula is C24H20FNO4S. The van der Waals surface area contributed by atoms with Crippen LogP contribution in [-0.2, 0) is 4.79 Å². The Morgan fingerprint density at radius 3 is 2.61 bits per heavy atom. The number of aliphatic imine (C=N–C) groups is 1. The highest BCUT2D eigenvalue weighted by Crippen LogP contribution is 2.36. The summed E-state index contributed by atoms with van der Waals surface area (Å²) in [5.74, 6) is 0.437. The van der Waals surface area contributed by atoms with Gasteiger partial charge in [-0.1, -0.05) is 12.1 Å². The fourth-order valence-corrected chi connectivity index (χ4v) is 4.56. The summed E-state index contributed by atoms with van der Waals surface area (Å²) in [6.07, 6.45) is 2.20. The third kappa shape index (κ3) is 4.14. The lowest BCUT2D eigenvalue weighted by Gasteiger charge is -2.09. The first-order valence-electron chi connectivity index (χ1n) is 9.72. The smallest absolute Gasteiger partial charge is 0.177 e. The predicted molar refractivity (Wildman–Crippen MR) is 120 cm³/mol. The second kappa shape index (κ2) is 8.81. The summed E-state index contributed by atoms with van der Waals surface area (Å²) >= 11 is 1.34. The molecule has 31 heavy (non-hydrogen) atoms.